The monoisotopic (exact) mass is 386 g/mol. The van der Waals surface area contributed by atoms with Gasteiger partial charge in [0.05, 0.1) is 0 Å². The van der Waals surface area contributed by atoms with Crippen LogP contribution in [-0.2, 0) is 13.1 Å². The van der Waals surface area contributed by atoms with Crippen LogP contribution in [0.25, 0.3) is 0 Å². The lowest BCUT2D eigenvalue weighted by molar-refractivity contribution is 0.252. The molecule has 1 aliphatic carbocycles. The van der Waals surface area contributed by atoms with Crippen LogP contribution in [0.4, 0.5) is 0 Å². The zero-order chi connectivity index (χ0) is 19.9. The van der Waals surface area contributed by atoms with Gasteiger partial charge < -0.3 is 31.1 Å². The minimum atomic E-state index is -0.0890. The summed E-state index contributed by atoms with van der Waals surface area (Å²) in [5, 5.41) is 44.8. The highest BCUT2D eigenvalue weighted by atomic mass is 16.3. The number of nitrogens with one attached hydrogen (secondary N) is 2. The average Bonchev–Trinajstić information content (AvgIpc) is 2.68. The van der Waals surface area contributed by atoms with Crippen molar-refractivity contribution in [1.29, 1.82) is 0 Å². The quantitative estimate of drug-likeness (QED) is 0.389. The van der Waals surface area contributed by atoms with E-state index in [0.717, 1.165) is 24.2 Å². The molecule has 1 unspecified atom stereocenters. The van der Waals surface area contributed by atoms with Gasteiger partial charge >= 0.3 is 0 Å². The van der Waals surface area contributed by atoms with E-state index >= 15 is 0 Å². The van der Waals surface area contributed by atoms with Gasteiger partial charge in [-0.15, -0.1) is 0 Å². The van der Waals surface area contributed by atoms with Crippen molar-refractivity contribution < 1.29 is 20.4 Å². The molecule has 2 aromatic carbocycles. The molecule has 6 nitrogen and oxygen atoms in total. The highest BCUT2D eigenvalue weighted by Gasteiger charge is 2.21. The molecule has 152 valence electrons. The fourth-order valence-electron chi connectivity index (χ4n) is 3.97. The van der Waals surface area contributed by atoms with E-state index in [2.05, 4.69) is 10.6 Å². The number of aromatic hydroxyl groups is 4. The van der Waals surface area contributed by atoms with Crippen LogP contribution in [0.1, 0.15) is 36.8 Å². The summed E-state index contributed by atoms with van der Waals surface area (Å²) in [6.07, 6.45) is 4.88. The molecule has 1 aliphatic rings. The van der Waals surface area contributed by atoms with Crippen molar-refractivity contribution in [3.8, 4) is 23.0 Å². The molecule has 1 saturated carbocycles. The molecule has 0 spiro atoms. The number of hydrogen-bond acceptors (Lipinski definition) is 6. The smallest absolute Gasteiger partial charge is 0.157 e. The summed E-state index contributed by atoms with van der Waals surface area (Å²) in [6, 6.07) is 9.85. The Morgan fingerprint density at radius 1 is 0.679 bits per heavy atom. The molecule has 0 saturated heterocycles. The highest BCUT2D eigenvalue weighted by Crippen LogP contribution is 2.29. The number of hydrogen-bond donors (Lipinski definition) is 6. The molecule has 6 N–H and O–H groups in total. The predicted octanol–water partition coefficient (Wildman–Crippen LogP) is 3.19. The molecule has 1 fully saturated rings. The molecule has 0 amide bonds. The molecule has 2 aromatic rings. The van der Waals surface area contributed by atoms with Crippen molar-refractivity contribution in [3.05, 3.63) is 47.5 Å². The molecule has 0 radical (unpaired) electrons. The molecule has 0 bridgehead atoms. The molecule has 2 atom stereocenters. The van der Waals surface area contributed by atoms with E-state index in [4.69, 9.17) is 0 Å². The molecule has 6 heteroatoms. The third-order valence-electron chi connectivity index (χ3n) is 5.50. The van der Waals surface area contributed by atoms with Gasteiger partial charge in [-0.05, 0) is 79.6 Å². The Morgan fingerprint density at radius 2 is 1.14 bits per heavy atom. The Bertz CT molecular complexity index is 718. The Kier molecular flexibility index (Phi) is 7.01. The van der Waals surface area contributed by atoms with Crippen molar-refractivity contribution in [2.24, 2.45) is 11.8 Å². The van der Waals surface area contributed by atoms with Crippen LogP contribution in [0.15, 0.2) is 36.4 Å². The van der Waals surface area contributed by atoms with E-state index in [-0.39, 0.29) is 23.0 Å². The largest absolute Gasteiger partial charge is 0.504 e. The van der Waals surface area contributed by atoms with Crippen LogP contribution in [0.2, 0.25) is 0 Å². The van der Waals surface area contributed by atoms with Gasteiger partial charge in [-0.3, -0.25) is 0 Å². The molecule has 0 heterocycles. The summed E-state index contributed by atoms with van der Waals surface area (Å²) < 4.78 is 0. The Balaban J connectivity index is 1.37. The summed E-state index contributed by atoms with van der Waals surface area (Å²) in [7, 11) is 0. The fourth-order valence-corrected chi connectivity index (χ4v) is 3.97. The second kappa shape index (κ2) is 9.66. The minimum absolute atomic E-state index is 0.0787. The van der Waals surface area contributed by atoms with Crippen molar-refractivity contribution in [2.75, 3.05) is 13.1 Å². The second-order valence-electron chi connectivity index (χ2n) is 7.81. The van der Waals surface area contributed by atoms with Crippen molar-refractivity contribution >= 4 is 0 Å². The number of phenols is 4. The molecule has 28 heavy (non-hydrogen) atoms. The summed E-state index contributed by atoms with van der Waals surface area (Å²) in [5.74, 6) is 0.950. The van der Waals surface area contributed by atoms with Gasteiger partial charge in [-0.1, -0.05) is 18.6 Å². The Hall–Kier alpha value is -2.44. The molecular weight excluding hydrogens is 356 g/mol. The van der Waals surface area contributed by atoms with Gasteiger partial charge in [0.1, 0.15) is 0 Å². The standard InChI is InChI=1S/C22H30N2O4/c25-19-6-4-17(9-21(19)27)13-23-11-15-2-1-3-16(8-15)12-24-14-18-5-7-20(26)22(28)10-18/h4-7,9-10,15-16,23-28H,1-3,8,11-14H2/t15-,16?/m1/s1. The van der Waals surface area contributed by atoms with E-state index in [1.165, 1.54) is 37.8 Å². The minimum Gasteiger partial charge on any atom is -0.504 e. The first-order valence-corrected chi connectivity index (χ1v) is 9.94. The van der Waals surface area contributed by atoms with Crippen molar-refractivity contribution in [1.82, 2.24) is 10.6 Å². The number of rotatable bonds is 8. The summed E-state index contributed by atoms with van der Waals surface area (Å²) in [5.41, 5.74) is 1.92. The lowest BCUT2D eigenvalue weighted by atomic mass is 9.81. The van der Waals surface area contributed by atoms with Gasteiger partial charge in [0, 0.05) is 13.1 Å². The third kappa shape index (κ3) is 5.78. The maximum atomic E-state index is 9.57. The van der Waals surface area contributed by atoms with Crippen LogP contribution in [-0.4, -0.2) is 33.5 Å². The van der Waals surface area contributed by atoms with Crippen molar-refractivity contribution in [2.45, 2.75) is 38.8 Å². The van der Waals surface area contributed by atoms with Crippen LogP contribution >= 0.6 is 0 Å². The number of phenolic OH excluding ortho intramolecular Hbond substituents is 4. The normalized spacial score (nSPS) is 19.6. The van der Waals surface area contributed by atoms with E-state index < -0.39 is 0 Å². The second-order valence-corrected chi connectivity index (χ2v) is 7.81. The topological polar surface area (TPSA) is 105 Å². The van der Waals surface area contributed by atoms with Gasteiger partial charge in [-0.2, -0.15) is 0 Å². The average molecular weight is 386 g/mol. The first kappa shape index (κ1) is 20.3. The third-order valence-corrected chi connectivity index (χ3v) is 5.50. The molecule has 0 aromatic heterocycles. The SMILES string of the molecule is Oc1ccc(CNCC2CCC[C@@H](CNCc3ccc(O)c(O)c3)C2)cc1O. The van der Waals surface area contributed by atoms with E-state index in [1.807, 2.05) is 12.1 Å². The van der Waals surface area contributed by atoms with Gasteiger partial charge in [0.15, 0.2) is 23.0 Å². The molecular formula is C22H30N2O4. The van der Waals surface area contributed by atoms with Crippen molar-refractivity contribution in [3.63, 3.8) is 0 Å². The van der Waals surface area contributed by atoms with Gasteiger partial charge in [0.2, 0.25) is 0 Å². The fraction of sp³-hybridized carbons (Fsp3) is 0.455. The molecule has 0 aliphatic heterocycles. The summed E-state index contributed by atoms with van der Waals surface area (Å²) >= 11 is 0. The first-order valence-electron chi connectivity index (χ1n) is 9.94. The van der Waals surface area contributed by atoms with E-state index in [9.17, 15) is 20.4 Å². The van der Waals surface area contributed by atoms with Gasteiger partial charge in [-0.25, -0.2) is 0 Å². The lowest BCUT2D eigenvalue weighted by Gasteiger charge is -2.29. The lowest BCUT2D eigenvalue weighted by Crippen LogP contribution is -2.31. The summed E-state index contributed by atoms with van der Waals surface area (Å²) in [4.78, 5) is 0. The predicted molar refractivity (Wildman–Crippen MR) is 108 cm³/mol. The zero-order valence-corrected chi connectivity index (χ0v) is 16.1. The first-order chi connectivity index (χ1) is 13.5. The maximum absolute atomic E-state index is 9.57. The summed E-state index contributed by atoms with van der Waals surface area (Å²) in [6.45, 7) is 3.25. The highest BCUT2D eigenvalue weighted by molar-refractivity contribution is 5.41. The maximum Gasteiger partial charge on any atom is 0.157 e. The van der Waals surface area contributed by atoms with Crippen LogP contribution in [0.5, 0.6) is 23.0 Å². The van der Waals surface area contributed by atoms with Crippen LogP contribution < -0.4 is 10.6 Å². The van der Waals surface area contributed by atoms with E-state index in [0.29, 0.717) is 24.9 Å². The Morgan fingerprint density at radius 3 is 1.57 bits per heavy atom. The zero-order valence-electron chi connectivity index (χ0n) is 16.1. The van der Waals surface area contributed by atoms with Crippen LogP contribution in [0.3, 0.4) is 0 Å². The molecule has 3 rings (SSSR count). The van der Waals surface area contributed by atoms with Gasteiger partial charge in [0.25, 0.3) is 0 Å². The van der Waals surface area contributed by atoms with E-state index in [1.54, 1.807) is 12.1 Å². The Labute approximate surface area is 165 Å². The number of benzene rings is 2. The van der Waals surface area contributed by atoms with Crippen LogP contribution in [0, 0.1) is 11.8 Å².